The van der Waals surface area contributed by atoms with Crippen molar-refractivity contribution < 1.29 is 18.3 Å². The van der Waals surface area contributed by atoms with Gasteiger partial charge in [-0.05, 0) is 24.8 Å². The Morgan fingerprint density at radius 3 is 2.60 bits per heavy atom. The van der Waals surface area contributed by atoms with E-state index in [-0.39, 0.29) is 9.77 Å². The Balaban J connectivity index is 2.09. The molecule has 112 valence electrons. The molecule has 0 aromatic carbocycles. The summed E-state index contributed by atoms with van der Waals surface area (Å²) in [5.74, 6) is -0.674. The van der Waals surface area contributed by atoms with Crippen LogP contribution in [0.3, 0.4) is 0 Å². The van der Waals surface area contributed by atoms with Crippen molar-refractivity contribution in [1.29, 1.82) is 0 Å². The number of carboxylic acids is 1. The van der Waals surface area contributed by atoms with Crippen LogP contribution in [-0.4, -0.2) is 37.4 Å². The van der Waals surface area contributed by atoms with Crippen LogP contribution in [0.15, 0.2) is 16.3 Å². The van der Waals surface area contributed by atoms with E-state index in [0.717, 1.165) is 24.2 Å². The van der Waals surface area contributed by atoms with Crippen molar-refractivity contribution in [3.05, 3.63) is 16.3 Å². The first-order valence-electron chi connectivity index (χ1n) is 6.69. The van der Waals surface area contributed by atoms with Crippen molar-refractivity contribution >= 4 is 27.3 Å². The molecule has 0 unspecified atom stereocenters. The zero-order valence-electron chi connectivity index (χ0n) is 11.4. The van der Waals surface area contributed by atoms with Crippen LogP contribution in [0.2, 0.25) is 0 Å². The van der Waals surface area contributed by atoms with Crippen molar-refractivity contribution in [2.45, 2.75) is 37.0 Å². The number of hydrogen-bond donors (Lipinski definition) is 1. The normalized spacial score (nSPS) is 17.5. The van der Waals surface area contributed by atoms with Crippen LogP contribution in [0.25, 0.3) is 0 Å². The molecule has 0 saturated heterocycles. The second kappa shape index (κ2) is 6.24. The predicted molar refractivity (Wildman–Crippen MR) is 77.7 cm³/mol. The highest BCUT2D eigenvalue weighted by Gasteiger charge is 2.26. The number of carbonyl (C=O) groups is 1. The number of hydrogen-bond acceptors (Lipinski definition) is 4. The smallest absolute Gasteiger partial charge is 0.345 e. The average Bonchev–Trinajstić information content (AvgIpc) is 2.90. The van der Waals surface area contributed by atoms with Crippen molar-refractivity contribution in [2.75, 3.05) is 13.6 Å². The molecule has 20 heavy (non-hydrogen) atoms. The second-order valence-electron chi connectivity index (χ2n) is 5.24. The molecule has 1 aliphatic rings. The van der Waals surface area contributed by atoms with Gasteiger partial charge in [0.1, 0.15) is 4.88 Å². The highest BCUT2D eigenvalue weighted by Crippen LogP contribution is 2.27. The van der Waals surface area contributed by atoms with E-state index >= 15 is 0 Å². The third kappa shape index (κ3) is 3.39. The number of rotatable bonds is 5. The zero-order chi connectivity index (χ0) is 14.8. The molecule has 0 atom stereocenters. The van der Waals surface area contributed by atoms with Gasteiger partial charge in [0.15, 0.2) is 0 Å². The number of aromatic carboxylic acids is 1. The van der Waals surface area contributed by atoms with Crippen LogP contribution in [-0.2, 0) is 10.0 Å². The summed E-state index contributed by atoms with van der Waals surface area (Å²) in [5.41, 5.74) is 0. The Hall–Kier alpha value is -0.920. The van der Waals surface area contributed by atoms with E-state index in [1.54, 1.807) is 7.05 Å². The monoisotopic (exact) mass is 317 g/mol. The molecule has 7 heteroatoms. The average molecular weight is 317 g/mol. The van der Waals surface area contributed by atoms with Crippen LogP contribution in [0.4, 0.5) is 0 Å². The van der Waals surface area contributed by atoms with Gasteiger partial charge in [-0.1, -0.05) is 19.3 Å². The summed E-state index contributed by atoms with van der Waals surface area (Å²) in [7, 11) is -2.00. The molecule has 1 aromatic rings. The molecule has 0 bridgehead atoms. The van der Waals surface area contributed by atoms with Crippen LogP contribution >= 0.6 is 11.3 Å². The van der Waals surface area contributed by atoms with Crippen LogP contribution in [0, 0.1) is 5.92 Å². The quantitative estimate of drug-likeness (QED) is 0.906. The van der Waals surface area contributed by atoms with E-state index in [2.05, 4.69) is 0 Å². The van der Waals surface area contributed by atoms with Crippen LogP contribution < -0.4 is 0 Å². The van der Waals surface area contributed by atoms with Crippen molar-refractivity contribution in [2.24, 2.45) is 5.92 Å². The zero-order valence-corrected chi connectivity index (χ0v) is 13.0. The lowest BCUT2D eigenvalue weighted by Crippen LogP contribution is -2.32. The topological polar surface area (TPSA) is 74.7 Å². The lowest BCUT2D eigenvalue weighted by Gasteiger charge is -2.26. The van der Waals surface area contributed by atoms with Gasteiger partial charge >= 0.3 is 5.97 Å². The minimum atomic E-state index is -3.57. The molecule has 1 aliphatic carbocycles. The molecule has 2 rings (SSSR count). The highest BCUT2D eigenvalue weighted by molar-refractivity contribution is 7.89. The maximum atomic E-state index is 12.4. The fraction of sp³-hybridized carbons (Fsp3) is 0.615. The SMILES string of the molecule is CN(CC1CCCCC1)S(=O)(=O)c1csc(C(=O)O)c1. The minimum absolute atomic E-state index is 0.0506. The van der Waals surface area contributed by atoms with E-state index in [1.807, 2.05) is 0 Å². The fourth-order valence-electron chi connectivity index (χ4n) is 2.58. The maximum absolute atomic E-state index is 12.4. The molecule has 1 aromatic heterocycles. The lowest BCUT2D eigenvalue weighted by molar-refractivity contribution is 0.0702. The molecule has 0 spiro atoms. The fourth-order valence-corrected chi connectivity index (χ4v) is 4.92. The molecule has 0 aliphatic heterocycles. The lowest BCUT2D eigenvalue weighted by atomic mass is 9.89. The molecule has 1 saturated carbocycles. The molecule has 5 nitrogen and oxygen atoms in total. The van der Waals surface area contributed by atoms with Gasteiger partial charge < -0.3 is 5.11 Å². The van der Waals surface area contributed by atoms with Gasteiger partial charge in [-0.25, -0.2) is 17.5 Å². The van der Waals surface area contributed by atoms with Crippen molar-refractivity contribution in [3.8, 4) is 0 Å². The Morgan fingerprint density at radius 1 is 1.40 bits per heavy atom. The molecular weight excluding hydrogens is 298 g/mol. The minimum Gasteiger partial charge on any atom is -0.477 e. The highest BCUT2D eigenvalue weighted by atomic mass is 32.2. The van der Waals surface area contributed by atoms with Gasteiger partial charge in [0.2, 0.25) is 10.0 Å². The summed E-state index contributed by atoms with van der Waals surface area (Å²) in [6.45, 7) is 0.514. The van der Waals surface area contributed by atoms with E-state index in [0.29, 0.717) is 12.5 Å². The van der Waals surface area contributed by atoms with Gasteiger partial charge in [-0.3, -0.25) is 0 Å². The Labute approximate surface area is 123 Å². The molecule has 1 N–H and O–H groups in total. The molecule has 0 radical (unpaired) electrons. The largest absolute Gasteiger partial charge is 0.477 e. The summed E-state index contributed by atoms with van der Waals surface area (Å²) in [5, 5.41) is 10.3. The summed E-state index contributed by atoms with van der Waals surface area (Å²) >= 11 is 0.943. The van der Waals surface area contributed by atoms with E-state index < -0.39 is 16.0 Å². The number of carboxylic acid groups (broad SMARTS) is 1. The Kier molecular flexibility index (Phi) is 4.82. The standard InChI is InChI=1S/C13H19NO4S2/c1-14(8-10-5-3-2-4-6-10)20(17,18)11-7-12(13(15)16)19-9-11/h7,9-10H,2-6,8H2,1H3,(H,15,16). The number of thiophene rings is 1. The van der Waals surface area contributed by atoms with E-state index in [1.165, 1.54) is 35.0 Å². The van der Waals surface area contributed by atoms with Crippen molar-refractivity contribution in [3.63, 3.8) is 0 Å². The van der Waals surface area contributed by atoms with Gasteiger partial charge in [-0.15, -0.1) is 11.3 Å². The molecule has 1 heterocycles. The van der Waals surface area contributed by atoms with Crippen LogP contribution in [0.1, 0.15) is 41.8 Å². The Bertz CT molecular complexity index is 573. The van der Waals surface area contributed by atoms with Gasteiger partial charge in [0.25, 0.3) is 0 Å². The Morgan fingerprint density at radius 2 is 2.05 bits per heavy atom. The first-order valence-corrected chi connectivity index (χ1v) is 9.01. The number of nitrogens with zero attached hydrogens (tertiary/aromatic N) is 1. The first kappa shape index (κ1) is 15.5. The third-order valence-electron chi connectivity index (χ3n) is 3.73. The van der Waals surface area contributed by atoms with Crippen molar-refractivity contribution in [1.82, 2.24) is 4.31 Å². The summed E-state index contributed by atoms with van der Waals surface area (Å²) in [6, 6.07) is 1.24. The summed E-state index contributed by atoms with van der Waals surface area (Å²) < 4.78 is 26.1. The van der Waals surface area contributed by atoms with Gasteiger partial charge in [0, 0.05) is 19.0 Å². The number of sulfonamides is 1. The maximum Gasteiger partial charge on any atom is 0.345 e. The summed E-state index contributed by atoms with van der Waals surface area (Å²) in [6.07, 6.45) is 5.72. The molecule has 0 amide bonds. The second-order valence-corrected chi connectivity index (χ2v) is 8.20. The molecule has 1 fully saturated rings. The summed E-state index contributed by atoms with van der Waals surface area (Å²) in [4.78, 5) is 11.0. The predicted octanol–water partition coefficient (Wildman–Crippen LogP) is 2.65. The van der Waals surface area contributed by atoms with E-state index in [4.69, 9.17) is 5.11 Å². The van der Waals surface area contributed by atoms with E-state index in [9.17, 15) is 13.2 Å². The van der Waals surface area contributed by atoms with Gasteiger partial charge in [-0.2, -0.15) is 0 Å². The third-order valence-corrected chi connectivity index (χ3v) is 6.60. The van der Waals surface area contributed by atoms with Crippen LogP contribution in [0.5, 0.6) is 0 Å². The molecular formula is C13H19NO4S2. The first-order chi connectivity index (χ1) is 9.41. The van der Waals surface area contributed by atoms with Gasteiger partial charge in [0.05, 0.1) is 4.90 Å².